The van der Waals surface area contributed by atoms with Crippen LogP contribution in [0.4, 0.5) is 0 Å². The standard InChI is InChI=1S/C20H28N4O3/c1-11-8-12(2)21-19(26-7)16(11)10-23(5)20(25)17-15-9-13(3)27-14(4)18(15)24(6)22-17/h8,13-14H,9-10H2,1-7H3/t13-,14+/m0/s1. The molecule has 0 aromatic carbocycles. The van der Waals surface area contributed by atoms with Gasteiger partial charge in [0, 0.05) is 37.3 Å². The van der Waals surface area contributed by atoms with E-state index in [1.165, 1.54) is 0 Å². The fraction of sp³-hybridized carbons (Fsp3) is 0.550. The van der Waals surface area contributed by atoms with E-state index < -0.39 is 0 Å². The molecule has 1 aliphatic heterocycles. The number of hydrogen-bond acceptors (Lipinski definition) is 5. The molecule has 27 heavy (non-hydrogen) atoms. The van der Waals surface area contributed by atoms with Crippen LogP contribution in [0, 0.1) is 13.8 Å². The van der Waals surface area contributed by atoms with Crippen molar-refractivity contribution in [3.8, 4) is 5.88 Å². The number of methoxy groups -OCH3 is 1. The molecule has 1 amide bonds. The van der Waals surface area contributed by atoms with Gasteiger partial charge in [-0.3, -0.25) is 9.48 Å². The van der Waals surface area contributed by atoms with Crippen molar-refractivity contribution in [2.24, 2.45) is 7.05 Å². The lowest BCUT2D eigenvalue weighted by atomic mass is 9.99. The van der Waals surface area contributed by atoms with E-state index in [9.17, 15) is 4.79 Å². The van der Waals surface area contributed by atoms with Gasteiger partial charge in [-0.05, 0) is 39.3 Å². The monoisotopic (exact) mass is 372 g/mol. The summed E-state index contributed by atoms with van der Waals surface area (Å²) in [6, 6.07) is 2.00. The molecule has 0 N–H and O–H groups in total. The normalized spacial score (nSPS) is 18.9. The number of aromatic nitrogens is 3. The maximum absolute atomic E-state index is 13.2. The summed E-state index contributed by atoms with van der Waals surface area (Å²) in [5.41, 5.74) is 5.34. The summed E-state index contributed by atoms with van der Waals surface area (Å²) in [4.78, 5) is 19.3. The van der Waals surface area contributed by atoms with Crippen molar-refractivity contribution in [2.45, 2.75) is 52.9 Å². The maximum Gasteiger partial charge on any atom is 0.274 e. The second kappa shape index (κ2) is 7.31. The Bertz CT molecular complexity index is 875. The smallest absolute Gasteiger partial charge is 0.274 e. The Morgan fingerprint density at radius 2 is 2.11 bits per heavy atom. The quantitative estimate of drug-likeness (QED) is 0.825. The van der Waals surface area contributed by atoms with Crippen LogP contribution >= 0.6 is 0 Å². The molecule has 7 heteroatoms. The van der Waals surface area contributed by atoms with Crippen molar-refractivity contribution in [1.29, 1.82) is 0 Å². The number of hydrogen-bond donors (Lipinski definition) is 0. The molecule has 7 nitrogen and oxygen atoms in total. The van der Waals surface area contributed by atoms with Crippen molar-refractivity contribution in [2.75, 3.05) is 14.2 Å². The van der Waals surface area contributed by atoms with Gasteiger partial charge in [-0.1, -0.05) is 0 Å². The number of carbonyl (C=O) groups excluding carboxylic acids is 1. The molecule has 2 atom stereocenters. The zero-order valence-corrected chi connectivity index (χ0v) is 17.2. The van der Waals surface area contributed by atoms with E-state index in [1.54, 1.807) is 23.7 Å². The third kappa shape index (κ3) is 3.56. The fourth-order valence-corrected chi connectivity index (χ4v) is 3.89. The molecule has 2 aromatic heterocycles. The first-order chi connectivity index (χ1) is 12.7. The predicted octanol–water partition coefficient (Wildman–Crippen LogP) is 2.73. The zero-order chi connectivity index (χ0) is 19.9. The molecule has 0 unspecified atom stereocenters. The lowest BCUT2D eigenvalue weighted by molar-refractivity contribution is -0.00906. The Labute approximate surface area is 160 Å². The number of pyridine rings is 1. The summed E-state index contributed by atoms with van der Waals surface area (Å²) in [6.45, 7) is 8.37. The number of nitrogens with zero attached hydrogens (tertiary/aromatic N) is 4. The van der Waals surface area contributed by atoms with E-state index in [-0.39, 0.29) is 18.1 Å². The summed E-state index contributed by atoms with van der Waals surface area (Å²) in [5.74, 6) is 0.459. The first-order valence-electron chi connectivity index (χ1n) is 9.20. The Balaban J connectivity index is 1.91. The van der Waals surface area contributed by atoms with Crippen LogP contribution in [0.5, 0.6) is 5.88 Å². The van der Waals surface area contributed by atoms with Crippen molar-refractivity contribution in [1.82, 2.24) is 19.7 Å². The number of ether oxygens (including phenoxy) is 2. The van der Waals surface area contributed by atoms with Crippen molar-refractivity contribution < 1.29 is 14.3 Å². The minimum absolute atomic E-state index is 0.0668. The molecule has 0 aliphatic carbocycles. The molecule has 0 radical (unpaired) electrons. The summed E-state index contributed by atoms with van der Waals surface area (Å²) in [6.07, 6.45) is 0.686. The van der Waals surface area contributed by atoms with E-state index in [2.05, 4.69) is 10.1 Å². The Morgan fingerprint density at radius 3 is 2.78 bits per heavy atom. The highest BCUT2D eigenvalue weighted by Gasteiger charge is 2.32. The molecule has 3 rings (SSSR count). The Kier molecular flexibility index (Phi) is 5.24. The lowest BCUT2D eigenvalue weighted by Gasteiger charge is -2.26. The third-order valence-corrected chi connectivity index (χ3v) is 5.08. The van der Waals surface area contributed by atoms with Gasteiger partial charge in [0.2, 0.25) is 5.88 Å². The molecule has 0 fully saturated rings. The Hall–Kier alpha value is -2.41. The molecular formula is C20H28N4O3. The van der Waals surface area contributed by atoms with E-state index in [0.29, 0.717) is 24.5 Å². The average molecular weight is 372 g/mol. The van der Waals surface area contributed by atoms with Gasteiger partial charge >= 0.3 is 0 Å². The van der Waals surface area contributed by atoms with Gasteiger partial charge in [-0.15, -0.1) is 0 Å². The fourth-order valence-electron chi connectivity index (χ4n) is 3.89. The first kappa shape index (κ1) is 19.4. The highest BCUT2D eigenvalue weighted by Crippen LogP contribution is 2.32. The topological polar surface area (TPSA) is 69.5 Å². The molecule has 3 heterocycles. The van der Waals surface area contributed by atoms with Crippen LogP contribution in [-0.4, -0.2) is 45.8 Å². The van der Waals surface area contributed by atoms with Crippen LogP contribution < -0.4 is 4.74 Å². The molecule has 0 saturated heterocycles. The first-order valence-corrected chi connectivity index (χ1v) is 9.20. The maximum atomic E-state index is 13.2. The van der Waals surface area contributed by atoms with Crippen LogP contribution in [0.2, 0.25) is 0 Å². The highest BCUT2D eigenvalue weighted by molar-refractivity contribution is 5.94. The van der Waals surface area contributed by atoms with Crippen LogP contribution in [0.25, 0.3) is 0 Å². The number of carbonyl (C=O) groups is 1. The molecule has 2 aromatic rings. The molecule has 0 bridgehead atoms. The minimum atomic E-state index is -0.102. The predicted molar refractivity (Wildman–Crippen MR) is 102 cm³/mol. The Morgan fingerprint density at radius 1 is 1.41 bits per heavy atom. The summed E-state index contributed by atoms with van der Waals surface area (Å²) in [5, 5.41) is 4.52. The van der Waals surface area contributed by atoms with Gasteiger partial charge in [-0.2, -0.15) is 5.10 Å². The van der Waals surface area contributed by atoms with Gasteiger partial charge in [-0.25, -0.2) is 4.98 Å². The van der Waals surface area contributed by atoms with E-state index in [1.807, 2.05) is 40.8 Å². The number of aryl methyl sites for hydroxylation is 3. The van der Waals surface area contributed by atoms with Crippen molar-refractivity contribution in [3.05, 3.63) is 39.8 Å². The highest BCUT2D eigenvalue weighted by atomic mass is 16.5. The van der Waals surface area contributed by atoms with Crippen LogP contribution in [0.3, 0.4) is 0 Å². The van der Waals surface area contributed by atoms with Gasteiger partial charge < -0.3 is 14.4 Å². The van der Waals surface area contributed by atoms with E-state index in [0.717, 1.165) is 28.1 Å². The van der Waals surface area contributed by atoms with Gasteiger partial charge in [0.25, 0.3) is 5.91 Å². The zero-order valence-electron chi connectivity index (χ0n) is 17.2. The summed E-state index contributed by atoms with van der Waals surface area (Å²) >= 11 is 0. The SMILES string of the molecule is COc1nc(C)cc(C)c1CN(C)C(=O)c1nn(C)c2c1C[C@H](C)O[C@@H]2C. The van der Waals surface area contributed by atoms with E-state index in [4.69, 9.17) is 9.47 Å². The van der Waals surface area contributed by atoms with E-state index >= 15 is 0 Å². The average Bonchev–Trinajstić information content (AvgIpc) is 2.92. The molecule has 1 aliphatic rings. The number of rotatable bonds is 4. The largest absolute Gasteiger partial charge is 0.481 e. The van der Waals surface area contributed by atoms with Crippen LogP contribution in [-0.2, 0) is 24.8 Å². The molecule has 146 valence electrons. The minimum Gasteiger partial charge on any atom is -0.481 e. The lowest BCUT2D eigenvalue weighted by Crippen LogP contribution is -2.30. The third-order valence-electron chi connectivity index (χ3n) is 5.08. The second-order valence-corrected chi connectivity index (χ2v) is 7.36. The second-order valence-electron chi connectivity index (χ2n) is 7.36. The molecule has 0 spiro atoms. The van der Waals surface area contributed by atoms with Crippen molar-refractivity contribution >= 4 is 5.91 Å². The summed E-state index contributed by atoms with van der Waals surface area (Å²) in [7, 11) is 5.25. The summed E-state index contributed by atoms with van der Waals surface area (Å²) < 4.78 is 13.1. The molecular weight excluding hydrogens is 344 g/mol. The van der Waals surface area contributed by atoms with Gasteiger partial charge in [0.15, 0.2) is 5.69 Å². The van der Waals surface area contributed by atoms with Gasteiger partial charge in [0.05, 0.1) is 31.6 Å². The van der Waals surface area contributed by atoms with Crippen LogP contribution in [0.1, 0.15) is 58.5 Å². The van der Waals surface area contributed by atoms with Gasteiger partial charge in [0.1, 0.15) is 0 Å². The molecule has 0 saturated carbocycles. The number of amides is 1. The van der Waals surface area contributed by atoms with Crippen LogP contribution in [0.15, 0.2) is 6.07 Å². The number of fused-ring (bicyclic) bond motifs is 1. The van der Waals surface area contributed by atoms with Crippen molar-refractivity contribution in [3.63, 3.8) is 0 Å².